The predicted molar refractivity (Wildman–Crippen MR) is 253 cm³/mol. The molecule has 1 aromatic heterocycles. The van der Waals surface area contributed by atoms with Gasteiger partial charge in [0.05, 0.1) is 22.4 Å². The number of fused-ring (bicyclic) bond motifs is 8. The lowest BCUT2D eigenvalue weighted by atomic mass is 9.95. The van der Waals surface area contributed by atoms with Crippen molar-refractivity contribution in [3.63, 3.8) is 0 Å². The normalized spacial score (nSPS) is 13.1. The molecule has 0 fully saturated rings. The first kappa shape index (κ1) is 35.8. The molecule has 8 aromatic carbocycles. The smallest absolute Gasteiger partial charge is 0.0554 e. The molecule has 0 spiro atoms. The zero-order valence-corrected chi connectivity index (χ0v) is 32.9. The number of hydrogen-bond acceptors (Lipinski definition) is 2. The lowest BCUT2D eigenvalue weighted by Gasteiger charge is -2.31. The standard InChI is InChI=1S/C56H43N3/c1-3-4-18-40(2)47-33-35-54(50-27-12-11-26-49(47)50)58(45-31-34-55-52(38-45)51-28-13-14-29-53(51)59(55)44-24-9-6-10-25-44)46-30-32-48-42-21-17-20-41(37-42)19-15-16-36-57(56(48)39-46)43-22-7-5-8-23-43/h3-14,16-18,20-39H,1-2,15,19H2/b18-4-,36-16+. The molecule has 0 aliphatic carbocycles. The van der Waals surface area contributed by atoms with Crippen molar-refractivity contribution in [2.45, 2.75) is 12.8 Å². The quantitative estimate of drug-likeness (QED) is 0.143. The van der Waals surface area contributed by atoms with Gasteiger partial charge in [0.15, 0.2) is 0 Å². The van der Waals surface area contributed by atoms with Crippen LogP contribution in [-0.2, 0) is 6.42 Å². The van der Waals surface area contributed by atoms with Gasteiger partial charge in [0.2, 0.25) is 0 Å². The Kier molecular flexibility index (Phi) is 9.32. The van der Waals surface area contributed by atoms with Crippen molar-refractivity contribution in [3.8, 4) is 16.8 Å². The van der Waals surface area contributed by atoms with Gasteiger partial charge in [-0.15, -0.1) is 0 Å². The van der Waals surface area contributed by atoms with E-state index in [9.17, 15) is 0 Å². The third kappa shape index (κ3) is 6.53. The maximum atomic E-state index is 4.46. The number of rotatable bonds is 8. The van der Waals surface area contributed by atoms with Crippen LogP contribution >= 0.6 is 0 Å². The molecule has 3 nitrogen and oxygen atoms in total. The number of nitrogens with zero attached hydrogens (tertiary/aromatic N) is 3. The molecule has 3 heteroatoms. The van der Waals surface area contributed by atoms with Crippen molar-refractivity contribution in [1.29, 1.82) is 0 Å². The van der Waals surface area contributed by atoms with Gasteiger partial charge in [-0.1, -0.05) is 153 Å². The fourth-order valence-electron chi connectivity index (χ4n) is 8.74. The highest BCUT2D eigenvalue weighted by Gasteiger charge is 2.23. The van der Waals surface area contributed by atoms with Gasteiger partial charge in [0.25, 0.3) is 0 Å². The molecular formula is C56H43N3. The minimum Gasteiger partial charge on any atom is -0.317 e. The van der Waals surface area contributed by atoms with Crippen LogP contribution in [0.5, 0.6) is 0 Å². The number of para-hydroxylation sites is 3. The fraction of sp³-hybridized carbons (Fsp3) is 0.0357. The molecule has 282 valence electrons. The van der Waals surface area contributed by atoms with E-state index in [4.69, 9.17) is 0 Å². The number of benzene rings is 8. The van der Waals surface area contributed by atoms with Gasteiger partial charge >= 0.3 is 0 Å². The Hall–Kier alpha value is -7.62. The summed E-state index contributed by atoms with van der Waals surface area (Å²) in [5.41, 5.74) is 14.7. The van der Waals surface area contributed by atoms with E-state index < -0.39 is 0 Å². The van der Waals surface area contributed by atoms with Crippen molar-refractivity contribution < 1.29 is 0 Å². The van der Waals surface area contributed by atoms with E-state index in [0.717, 1.165) is 74.4 Å². The van der Waals surface area contributed by atoms with E-state index in [0.29, 0.717) is 0 Å². The second kappa shape index (κ2) is 15.4. The van der Waals surface area contributed by atoms with Gasteiger partial charge in [-0.25, -0.2) is 0 Å². The molecule has 0 amide bonds. The minimum atomic E-state index is 0.940. The predicted octanol–water partition coefficient (Wildman–Crippen LogP) is 15.4. The summed E-state index contributed by atoms with van der Waals surface area (Å²) in [5.74, 6) is 0. The molecule has 0 N–H and O–H groups in total. The third-order valence-corrected chi connectivity index (χ3v) is 11.5. The van der Waals surface area contributed by atoms with Crippen molar-refractivity contribution in [3.05, 3.63) is 237 Å². The maximum Gasteiger partial charge on any atom is 0.0554 e. The van der Waals surface area contributed by atoms with Crippen LogP contribution < -0.4 is 9.80 Å². The first-order chi connectivity index (χ1) is 29.2. The number of aromatic nitrogens is 1. The molecule has 1 aliphatic rings. The molecule has 0 saturated heterocycles. The van der Waals surface area contributed by atoms with Crippen LogP contribution in [0.15, 0.2) is 226 Å². The number of hydrogen-bond donors (Lipinski definition) is 0. The summed E-state index contributed by atoms with van der Waals surface area (Å²) >= 11 is 0. The molecule has 2 bridgehead atoms. The van der Waals surface area contributed by atoms with Crippen molar-refractivity contribution in [2.24, 2.45) is 0 Å². The first-order valence-corrected chi connectivity index (χ1v) is 20.3. The van der Waals surface area contributed by atoms with Gasteiger partial charge in [-0.3, -0.25) is 0 Å². The summed E-state index contributed by atoms with van der Waals surface area (Å²) in [4.78, 5) is 4.79. The summed E-state index contributed by atoms with van der Waals surface area (Å²) < 4.78 is 2.38. The molecule has 0 radical (unpaired) electrons. The van der Waals surface area contributed by atoms with Crippen molar-refractivity contribution >= 4 is 66.6 Å². The van der Waals surface area contributed by atoms with Gasteiger partial charge in [-0.05, 0) is 107 Å². The second-order valence-corrected chi connectivity index (χ2v) is 15.1. The van der Waals surface area contributed by atoms with E-state index in [2.05, 4.69) is 222 Å². The van der Waals surface area contributed by atoms with Crippen LogP contribution in [0.4, 0.5) is 28.4 Å². The first-order valence-electron chi connectivity index (χ1n) is 20.3. The van der Waals surface area contributed by atoms with Crippen LogP contribution in [0.1, 0.15) is 17.5 Å². The zero-order valence-electron chi connectivity index (χ0n) is 32.9. The van der Waals surface area contributed by atoms with E-state index in [1.807, 2.05) is 12.2 Å². The molecule has 0 saturated carbocycles. The molecule has 0 atom stereocenters. The Labute approximate surface area is 346 Å². The van der Waals surface area contributed by atoms with Crippen molar-refractivity contribution in [2.75, 3.05) is 9.80 Å². The summed E-state index contributed by atoms with van der Waals surface area (Å²) in [7, 11) is 0. The summed E-state index contributed by atoms with van der Waals surface area (Å²) in [6.45, 7) is 8.35. The highest BCUT2D eigenvalue weighted by atomic mass is 15.2. The fourth-order valence-corrected chi connectivity index (χ4v) is 8.74. The van der Waals surface area contributed by atoms with Gasteiger partial charge in [-0.2, -0.15) is 0 Å². The average molecular weight is 758 g/mol. The van der Waals surface area contributed by atoms with Crippen LogP contribution in [-0.4, -0.2) is 4.57 Å². The largest absolute Gasteiger partial charge is 0.317 e. The van der Waals surface area contributed by atoms with Crippen LogP contribution in [0.3, 0.4) is 0 Å². The number of allylic oxidation sites excluding steroid dienone is 5. The Morgan fingerprint density at radius 1 is 0.576 bits per heavy atom. The SMILES string of the molecule is C=C/C=C\C(=C)c1ccc(N(c2ccc3c(c2)N(c2ccccc2)/C=C/CCc2cccc-3c2)c2ccc3c(c2)c2ccccc2n3-c2ccccc2)c2ccccc12. The second-order valence-electron chi connectivity index (χ2n) is 15.1. The minimum absolute atomic E-state index is 0.940. The van der Waals surface area contributed by atoms with E-state index in [1.54, 1.807) is 6.08 Å². The summed E-state index contributed by atoms with van der Waals surface area (Å²) in [6.07, 6.45) is 12.3. The lowest BCUT2D eigenvalue weighted by molar-refractivity contribution is 0.994. The number of aryl methyl sites for hydroxylation is 1. The van der Waals surface area contributed by atoms with Gasteiger partial charge in [0.1, 0.15) is 0 Å². The Bertz CT molecular complexity index is 3090. The molecule has 0 unspecified atom stereocenters. The van der Waals surface area contributed by atoms with Crippen LogP contribution in [0.2, 0.25) is 0 Å². The summed E-state index contributed by atoms with van der Waals surface area (Å²) in [6, 6.07) is 66.2. The molecule has 2 heterocycles. The Morgan fingerprint density at radius 3 is 2.08 bits per heavy atom. The molecule has 59 heavy (non-hydrogen) atoms. The lowest BCUT2D eigenvalue weighted by Crippen LogP contribution is -2.14. The van der Waals surface area contributed by atoms with E-state index in [-0.39, 0.29) is 0 Å². The van der Waals surface area contributed by atoms with Crippen molar-refractivity contribution in [1.82, 2.24) is 4.57 Å². The molecule has 10 rings (SSSR count). The van der Waals surface area contributed by atoms with Crippen LogP contribution in [0.25, 0.3) is 55.0 Å². The maximum absolute atomic E-state index is 4.46. The van der Waals surface area contributed by atoms with E-state index >= 15 is 0 Å². The molecular weight excluding hydrogens is 715 g/mol. The highest BCUT2D eigenvalue weighted by molar-refractivity contribution is 6.12. The van der Waals surface area contributed by atoms with Gasteiger partial charge in [0, 0.05) is 50.7 Å². The topological polar surface area (TPSA) is 11.4 Å². The number of anilines is 5. The van der Waals surface area contributed by atoms with Crippen LogP contribution in [0, 0.1) is 0 Å². The Morgan fingerprint density at radius 2 is 1.27 bits per heavy atom. The van der Waals surface area contributed by atoms with Gasteiger partial charge < -0.3 is 14.4 Å². The third-order valence-electron chi connectivity index (χ3n) is 11.5. The average Bonchev–Trinajstić information content (AvgIpc) is 3.62. The van der Waals surface area contributed by atoms with E-state index in [1.165, 1.54) is 33.0 Å². The zero-order chi connectivity index (χ0) is 39.7. The highest BCUT2D eigenvalue weighted by Crippen LogP contribution is 2.47. The molecule has 9 aromatic rings. The monoisotopic (exact) mass is 757 g/mol. The summed E-state index contributed by atoms with van der Waals surface area (Å²) in [5, 5.41) is 4.68. The molecule has 1 aliphatic heterocycles. The Balaban J connectivity index is 1.25.